The molecule has 1 aliphatic carbocycles. The summed E-state index contributed by atoms with van der Waals surface area (Å²) in [6.07, 6.45) is 2.49. The van der Waals surface area contributed by atoms with Crippen LogP contribution in [-0.2, 0) is 6.42 Å². The fraction of sp³-hybridized carbons (Fsp3) is 0.182. The van der Waals surface area contributed by atoms with Gasteiger partial charge < -0.3 is 0 Å². The number of amides is 1. The topological polar surface area (TPSA) is 72.0 Å². The molecule has 0 saturated carbocycles. The second-order valence-electron chi connectivity index (χ2n) is 6.95. The lowest BCUT2D eigenvalue weighted by molar-refractivity contribution is 0.0962. The zero-order valence-electron chi connectivity index (χ0n) is 15.3. The smallest absolute Gasteiger partial charge is 0.258 e. The van der Waals surface area contributed by atoms with Gasteiger partial charge >= 0.3 is 0 Å². The van der Waals surface area contributed by atoms with E-state index in [0.717, 1.165) is 5.56 Å². The molecule has 2 aromatic carbocycles. The first kappa shape index (κ1) is 18.0. The Morgan fingerprint density at radius 1 is 1.07 bits per heavy atom. The third-order valence-corrected chi connectivity index (χ3v) is 4.92. The van der Waals surface area contributed by atoms with Gasteiger partial charge in [-0.2, -0.15) is 0 Å². The number of aryl methyl sites for hydroxylation is 1. The van der Waals surface area contributed by atoms with Crippen LogP contribution in [0.3, 0.4) is 0 Å². The van der Waals surface area contributed by atoms with Crippen molar-refractivity contribution in [2.45, 2.75) is 25.7 Å². The molecule has 1 aromatic heterocycles. The van der Waals surface area contributed by atoms with E-state index in [-0.39, 0.29) is 17.6 Å². The molecule has 1 N–H and O–H groups in total. The molecule has 6 heteroatoms. The van der Waals surface area contributed by atoms with Gasteiger partial charge in [-0.3, -0.25) is 14.9 Å². The number of carbonyl (C=O) groups excluding carboxylic acids is 2. The molecule has 4 rings (SSSR count). The van der Waals surface area contributed by atoms with Crippen LogP contribution in [-0.4, -0.2) is 21.7 Å². The molecule has 0 bridgehead atoms. The highest BCUT2D eigenvalue weighted by Gasteiger charge is 2.28. The normalized spacial score (nSPS) is 15.8. The summed E-state index contributed by atoms with van der Waals surface area (Å²) in [5, 5.41) is 2.61. The zero-order chi connectivity index (χ0) is 19.7. The van der Waals surface area contributed by atoms with Crippen molar-refractivity contribution >= 4 is 17.6 Å². The van der Waals surface area contributed by atoms with E-state index < -0.39 is 11.7 Å². The van der Waals surface area contributed by atoms with Crippen molar-refractivity contribution in [3.05, 3.63) is 88.5 Å². The Bertz CT molecular complexity index is 1050. The van der Waals surface area contributed by atoms with Crippen LogP contribution in [0, 0.1) is 12.7 Å². The minimum Gasteiger partial charge on any atom is -0.294 e. The zero-order valence-corrected chi connectivity index (χ0v) is 15.3. The summed E-state index contributed by atoms with van der Waals surface area (Å²) in [5.74, 6) is -0.663. The number of nitrogens with zero attached hydrogens (tertiary/aromatic N) is 2. The summed E-state index contributed by atoms with van der Waals surface area (Å²) in [4.78, 5) is 33.3. The predicted octanol–water partition coefficient (Wildman–Crippen LogP) is 4.09. The second-order valence-corrected chi connectivity index (χ2v) is 6.95. The summed E-state index contributed by atoms with van der Waals surface area (Å²) in [5.41, 5.74) is 3.70. The highest BCUT2D eigenvalue weighted by molar-refractivity contribution is 6.03. The number of rotatable bonds is 3. The van der Waals surface area contributed by atoms with E-state index in [2.05, 4.69) is 15.3 Å². The lowest BCUT2D eigenvalue weighted by Gasteiger charge is -2.23. The summed E-state index contributed by atoms with van der Waals surface area (Å²) in [6, 6.07) is 13.3. The molecule has 3 aromatic rings. The van der Waals surface area contributed by atoms with Crippen LogP contribution in [0.25, 0.3) is 0 Å². The lowest BCUT2D eigenvalue weighted by Crippen LogP contribution is -2.22. The Morgan fingerprint density at radius 3 is 2.50 bits per heavy atom. The van der Waals surface area contributed by atoms with Crippen LogP contribution < -0.4 is 5.32 Å². The molecule has 1 aliphatic rings. The first-order valence-corrected chi connectivity index (χ1v) is 9.02. The van der Waals surface area contributed by atoms with Crippen molar-refractivity contribution in [3.63, 3.8) is 0 Å². The minimum absolute atomic E-state index is 0.00300. The third kappa shape index (κ3) is 3.67. The van der Waals surface area contributed by atoms with E-state index in [1.807, 2.05) is 31.2 Å². The average molecular weight is 375 g/mol. The number of hydrogen-bond acceptors (Lipinski definition) is 4. The van der Waals surface area contributed by atoms with Crippen LogP contribution in [0.1, 0.15) is 49.9 Å². The number of aromatic nitrogens is 2. The highest BCUT2D eigenvalue weighted by atomic mass is 19.1. The molecular weight excluding hydrogens is 357 g/mol. The van der Waals surface area contributed by atoms with Crippen molar-refractivity contribution in [2.75, 3.05) is 5.32 Å². The van der Waals surface area contributed by atoms with E-state index in [1.54, 1.807) is 0 Å². The molecule has 1 atom stereocenters. The monoisotopic (exact) mass is 375 g/mol. The number of hydrogen-bond donors (Lipinski definition) is 1. The molecule has 0 radical (unpaired) electrons. The van der Waals surface area contributed by atoms with E-state index in [4.69, 9.17) is 0 Å². The second kappa shape index (κ2) is 7.31. The molecule has 1 amide bonds. The largest absolute Gasteiger partial charge is 0.294 e. The van der Waals surface area contributed by atoms with Gasteiger partial charge in [-0.15, -0.1) is 0 Å². The summed E-state index contributed by atoms with van der Waals surface area (Å²) < 4.78 is 13.0. The van der Waals surface area contributed by atoms with Gasteiger partial charge in [0.2, 0.25) is 5.95 Å². The molecule has 0 aliphatic heterocycles. The standard InChI is InChI=1S/C22H18FN3O2/c1-13-2-4-14(5-3-13)16-10-19-18(20(27)11-16)12-24-22(25-19)26-21(28)15-6-8-17(23)9-7-15/h2-9,12,16H,10-11H2,1H3,(H,24,25,26,28)/t16-/m0/s1. The van der Waals surface area contributed by atoms with Crippen LogP contribution in [0.5, 0.6) is 0 Å². The number of halogens is 1. The summed E-state index contributed by atoms with van der Waals surface area (Å²) >= 11 is 0. The van der Waals surface area contributed by atoms with Crippen LogP contribution in [0.15, 0.2) is 54.7 Å². The van der Waals surface area contributed by atoms with Gasteiger partial charge in [-0.05, 0) is 49.1 Å². The highest BCUT2D eigenvalue weighted by Crippen LogP contribution is 2.32. The van der Waals surface area contributed by atoms with E-state index in [1.165, 1.54) is 36.0 Å². The maximum Gasteiger partial charge on any atom is 0.258 e. The Morgan fingerprint density at radius 2 is 1.79 bits per heavy atom. The minimum atomic E-state index is -0.433. The Hall–Kier alpha value is -3.41. The number of anilines is 1. The average Bonchev–Trinajstić information content (AvgIpc) is 2.68. The van der Waals surface area contributed by atoms with Gasteiger partial charge in [-0.25, -0.2) is 14.4 Å². The van der Waals surface area contributed by atoms with Crippen LogP contribution >= 0.6 is 0 Å². The Kier molecular flexibility index (Phi) is 4.69. The van der Waals surface area contributed by atoms with Crippen LogP contribution in [0.2, 0.25) is 0 Å². The van der Waals surface area contributed by atoms with Gasteiger partial charge in [0.15, 0.2) is 5.78 Å². The molecular formula is C22H18FN3O2. The van der Waals surface area contributed by atoms with Crippen molar-refractivity contribution in [2.24, 2.45) is 0 Å². The number of ketones is 1. The molecule has 140 valence electrons. The van der Waals surface area contributed by atoms with Gasteiger partial charge in [0, 0.05) is 18.2 Å². The van der Waals surface area contributed by atoms with Gasteiger partial charge in [0.1, 0.15) is 5.82 Å². The summed E-state index contributed by atoms with van der Waals surface area (Å²) in [6.45, 7) is 2.02. The molecule has 1 heterocycles. The lowest BCUT2D eigenvalue weighted by atomic mass is 9.82. The molecule has 28 heavy (non-hydrogen) atoms. The number of carbonyl (C=O) groups is 2. The van der Waals surface area contributed by atoms with Crippen molar-refractivity contribution in [1.82, 2.24) is 9.97 Å². The summed E-state index contributed by atoms with van der Waals surface area (Å²) in [7, 11) is 0. The number of Topliss-reactive ketones (excluding diaryl/α,β-unsaturated/α-hetero) is 1. The SMILES string of the molecule is Cc1ccc([C@@H]2CC(=O)c3cnc(NC(=O)c4ccc(F)cc4)nc3C2)cc1. The van der Waals surface area contributed by atoms with E-state index in [0.29, 0.717) is 29.7 Å². The van der Waals surface area contributed by atoms with Crippen molar-refractivity contribution < 1.29 is 14.0 Å². The van der Waals surface area contributed by atoms with Crippen molar-refractivity contribution in [1.29, 1.82) is 0 Å². The maximum absolute atomic E-state index is 13.0. The first-order chi connectivity index (χ1) is 13.5. The van der Waals surface area contributed by atoms with E-state index >= 15 is 0 Å². The molecule has 0 unspecified atom stereocenters. The third-order valence-electron chi connectivity index (χ3n) is 4.92. The predicted molar refractivity (Wildman–Crippen MR) is 103 cm³/mol. The van der Waals surface area contributed by atoms with Crippen LogP contribution in [0.4, 0.5) is 10.3 Å². The fourth-order valence-electron chi connectivity index (χ4n) is 3.35. The van der Waals surface area contributed by atoms with Crippen molar-refractivity contribution in [3.8, 4) is 0 Å². The van der Waals surface area contributed by atoms with Gasteiger partial charge in [0.25, 0.3) is 5.91 Å². The molecule has 0 saturated heterocycles. The van der Waals surface area contributed by atoms with E-state index in [9.17, 15) is 14.0 Å². The van der Waals surface area contributed by atoms with Gasteiger partial charge in [0.05, 0.1) is 11.3 Å². The molecule has 5 nitrogen and oxygen atoms in total. The number of benzene rings is 2. The molecule has 0 fully saturated rings. The quantitative estimate of drug-likeness (QED) is 0.748. The number of fused-ring (bicyclic) bond motifs is 1. The molecule has 0 spiro atoms. The fourth-order valence-corrected chi connectivity index (χ4v) is 3.35. The Balaban J connectivity index is 1.56. The van der Waals surface area contributed by atoms with Gasteiger partial charge in [-0.1, -0.05) is 29.8 Å². The number of nitrogens with one attached hydrogen (secondary N) is 1. The first-order valence-electron chi connectivity index (χ1n) is 9.02. The Labute approximate surface area is 161 Å². The maximum atomic E-state index is 13.0.